The van der Waals surface area contributed by atoms with E-state index in [1.54, 1.807) is 61.7 Å². The second-order valence-electron chi connectivity index (χ2n) is 9.72. The molecule has 0 aliphatic carbocycles. The van der Waals surface area contributed by atoms with Crippen LogP contribution in [0.3, 0.4) is 0 Å². The zero-order valence-electron chi connectivity index (χ0n) is 22.7. The summed E-state index contributed by atoms with van der Waals surface area (Å²) >= 11 is 0. The van der Waals surface area contributed by atoms with Crippen molar-refractivity contribution in [2.24, 2.45) is 4.99 Å². The van der Waals surface area contributed by atoms with Crippen LogP contribution in [0, 0.1) is 0 Å². The van der Waals surface area contributed by atoms with E-state index in [0.717, 1.165) is 32.5 Å². The minimum absolute atomic E-state index is 0.00242. The van der Waals surface area contributed by atoms with E-state index in [9.17, 15) is 14.4 Å². The van der Waals surface area contributed by atoms with Crippen LogP contribution in [-0.2, 0) is 21.0 Å². The molecule has 0 atom stereocenters. The number of hydrogen-bond acceptors (Lipinski definition) is 8. The number of piperidine rings is 1. The van der Waals surface area contributed by atoms with Gasteiger partial charge in [0.25, 0.3) is 11.8 Å². The van der Waals surface area contributed by atoms with E-state index in [1.807, 2.05) is 18.2 Å². The molecule has 210 valence electrons. The molecule has 5 rings (SSSR count). The number of ether oxygens (including phenoxy) is 1. The number of amides is 2. The van der Waals surface area contributed by atoms with Crippen LogP contribution < -0.4 is 20.7 Å². The monoisotopic (exact) mass is 553 g/mol. The van der Waals surface area contributed by atoms with Gasteiger partial charge < -0.3 is 14.9 Å². The molecule has 10 nitrogen and oxygen atoms in total. The van der Waals surface area contributed by atoms with Crippen molar-refractivity contribution in [3.63, 3.8) is 0 Å². The van der Waals surface area contributed by atoms with Crippen LogP contribution in [0.2, 0.25) is 0 Å². The molecule has 0 unspecified atom stereocenters. The molecule has 2 aliphatic rings. The van der Waals surface area contributed by atoms with Gasteiger partial charge in [0.1, 0.15) is 11.5 Å². The van der Waals surface area contributed by atoms with Crippen LogP contribution in [0.25, 0.3) is 0 Å². The third-order valence-corrected chi connectivity index (χ3v) is 6.93. The van der Waals surface area contributed by atoms with Gasteiger partial charge in [0.05, 0.1) is 12.8 Å². The van der Waals surface area contributed by atoms with Gasteiger partial charge in [-0.1, -0.05) is 54.1 Å². The number of benzene rings is 3. The van der Waals surface area contributed by atoms with E-state index in [1.165, 1.54) is 16.6 Å². The molecule has 2 heterocycles. The Bertz CT molecular complexity index is 1430. The first-order valence-electron chi connectivity index (χ1n) is 13.4. The fraction of sp³-hybridized carbons (Fsp3) is 0.226. The summed E-state index contributed by atoms with van der Waals surface area (Å²) in [5.74, 6) is -1.23. The molecule has 0 aromatic heterocycles. The Balaban J connectivity index is 1.35. The zero-order valence-corrected chi connectivity index (χ0v) is 22.7. The number of anilines is 1. The lowest BCUT2D eigenvalue weighted by molar-refractivity contribution is -0.140. The molecule has 2 aliphatic heterocycles. The second-order valence-corrected chi connectivity index (χ2v) is 9.72. The second kappa shape index (κ2) is 13.0. The molecular formula is C31H31N5O5. The Morgan fingerprint density at radius 2 is 1.66 bits per heavy atom. The minimum Gasteiger partial charge on any atom is -0.497 e. The van der Waals surface area contributed by atoms with Gasteiger partial charge in [-0.3, -0.25) is 14.5 Å². The van der Waals surface area contributed by atoms with Gasteiger partial charge in [0.2, 0.25) is 0 Å². The van der Waals surface area contributed by atoms with E-state index < -0.39 is 17.8 Å². The number of nitrogens with one attached hydrogen (secondary N) is 2. The van der Waals surface area contributed by atoms with Crippen LogP contribution in [0.4, 0.5) is 5.69 Å². The van der Waals surface area contributed by atoms with Gasteiger partial charge in [-0.05, 0) is 54.8 Å². The Morgan fingerprint density at radius 3 is 2.32 bits per heavy atom. The lowest BCUT2D eigenvalue weighted by atomic mass is 10.0. The van der Waals surface area contributed by atoms with Crippen molar-refractivity contribution in [2.75, 3.05) is 25.2 Å². The van der Waals surface area contributed by atoms with Gasteiger partial charge in [-0.2, -0.15) is 0 Å². The van der Waals surface area contributed by atoms with Gasteiger partial charge in [0.15, 0.2) is 5.70 Å². The van der Waals surface area contributed by atoms with Gasteiger partial charge >= 0.3 is 5.97 Å². The Morgan fingerprint density at radius 1 is 1.00 bits per heavy atom. The summed E-state index contributed by atoms with van der Waals surface area (Å²) in [4.78, 5) is 50.7. The van der Waals surface area contributed by atoms with E-state index in [4.69, 9.17) is 9.57 Å². The first-order chi connectivity index (χ1) is 20.0. The van der Waals surface area contributed by atoms with Gasteiger partial charge in [-0.15, -0.1) is 0 Å². The van der Waals surface area contributed by atoms with Gasteiger partial charge in [-0.25, -0.2) is 14.8 Å². The molecule has 0 bridgehead atoms. The SMILES string of the molecule is COc1ccc(N2NOC(=O)/C2=C\C(=NC(=O)c2ccccc2)C(=O)NC2CCN(Cc3ccccc3)CC2)cc1. The van der Waals surface area contributed by atoms with E-state index in [0.29, 0.717) is 17.0 Å². The number of likely N-dealkylation sites (tertiary alicyclic amines) is 1. The number of rotatable bonds is 8. The van der Waals surface area contributed by atoms with Crippen molar-refractivity contribution >= 4 is 29.2 Å². The molecular weight excluding hydrogens is 522 g/mol. The van der Waals surface area contributed by atoms with Crippen LogP contribution in [0.1, 0.15) is 28.8 Å². The number of methoxy groups -OCH3 is 1. The van der Waals surface area contributed by atoms with Crippen molar-refractivity contribution in [2.45, 2.75) is 25.4 Å². The topological polar surface area (TPSA) is 113 Å². The molecule has 10 heteroatoms. The molecule has 0 saturated carbocycles. The van der Waals surface area contributed by atoms with Crippen molar-refractivity contribution in [1.29, 1.82) is 0 Å². The Kier molecular flexibility index (Phi) is 8.82. The van der Waals surface area contributed by atoms with Crippen LogP contribution in [-0.4, -0.2) is 54.6 Å². The summed E-state index contributed by atoms with van der Waals surface area (Å²) in [6, 6.07) is 25.5. The maximum atomic E-state index is 13.5. The standard InChI is InChI=1S/C31H31N5O5/c1-40-26-14-12-25(13-15-26)36-28(31(39)41-34-36)20-27(33-29(37)23-10-6-3-7-11-23)30(38)32-24-16-18-35(19-17-24)21-22-8-4-2-5-9-22/h2-15,20,24,34H,16-19,21H2,1H3,(H,32,38)/b28-20+,33-27?. The summed E-state index contributed by atoms with van der Waals surface area (Å²) in [5.41, 5.74) is 4.48. The predicted molar refractivity (Wildman–Crippen MR) is 154 cm³/mol. The first-order valence-corrected chi connectivity index (χ1v) is 13.4. The molecule has 2 fully saturated rings. The molecule has 41 heavy (non-hydrogen) atoms. The lowest BCUT2D eigenvalue weighted by Gasteiger charge is -2.32. The Labute approximate surface area is 238 Å². The maximum absolute atomic E-state index is 13.5. The van der Waals surface area contributed by atoms with E-state index >= 15 is 0 Å². The molecule has 3 aromatic carbocycles. The highest BCUT2D eigenvalue weighted by Crippen LogP contribution is 2.24. The molecule has 0 radical (unpaired) electrons. The van der Waals surface area contributed by atoms with Crippen LogP contribution in [0.5, 0.6) is 5.75 Å². The average Bonchev–Trinajstić information content (AvgIpc) is 3.38. The highest BCUT2D eigenvalue weighted by atomic mass is 16.7. The minimum atomic E-state index is -0.720. The van der Waals surface area contributed by atoms with Crippen molar-refractivity contribution < 1.29 is 24.0 Å². The maximum Gasteiger partial charge on any atom is 0.376 e. The number of carbonyl (C=O) groups is 3. The van der Waals surface area contributed by atoms with E-state index in [-0.39, 0.29) is 17.5 Å². The van der Waals surface area contributed by atoms with Crippen molar-refractivity contribution in [1.82, 2.24) is 15.8 Å². The number of carbonyl (C=O) groups excluding carboxylic acids is 3. The van der Waals surface area contributed by atoms with Crippen LogP contribution >= 0.6 is 0 Å². The highest BCUT2D eigenvalue weighted by molar-refractivity contribution is 6.45. The number of hydrogen-bond donors (Lipinski definition) is 2. The predicted octanol–water partition coefficient (Wildman–Crippen LogP) is 3.42. The Hall–Kier alpha value is -4.80. The smallest absolute Gasteiger partial charge is 0.376 e. The fourth-order valence-corrected chi connectivity index (χ4v) is 4.70. The third kappa shape index (κ3) is 7.05. The summed E-state index contributed by atoms with van der Waals surface area (Å²) in [6.07, 6.45) is 2.76. The summed E-state index contributed by atoms with van der Waals surface area (Å²) in [6.45, 7) is 2.48. The molecule has 2 N–H and O–H groups in total. The highest BCUT2D eigenvalue weighted by Gasteiger charge is 2.31. The lowest BCUT2D eigenvalue weighted by Crippen LogP contribution is -2.46. The van der Waals surface area contributed by atoms with E-state index in [2.05, 4.69) is 32.9 Å². The van der Waals surface area contributed by atoms with Crippen molar-refractivity contribution in [3.8, 4) is 5.75 Å². The molecule has 2 saturated heterocycles. The summed E-state index contributed by atoms with van der Waals surface area (Å²) < 4.78 is 5.21. The third-order valence-electron chi connectivity index (χ3n) is 6.93. The van der Waals surface area contributed by atoms with Crippen molar-refractivity contribution in [3.05, 3.63) is 108 Å². The quantitative estimate of drug-likeness (QED) is 0.322. The zero-order chi connectivity index (χ0) is 28.6. The number of aliphatic imine (C=N–C) groups is 1. The largest absolute Gasteiger partial charge is 0.497 e. The summed E-state index contributed by atoms with van der Waals surface area (Å²) in [7, 11) is 1.55. The number of nitrogens with zero attached hydrogens (tertiary/aromatic N) is 3. The molecule has 0 spiro atoms. The molecule has 2 amide bonds. The summed E-state index contributed by atoms with van der Waals surface area (Å²) in [5, 5.41) is 4.39. The average molecular weight is 554 g/mol. The molecule has 3 aromatic rings. The normalized spacial score (nSPS) is 17.4. The number of hydrazine groups is 1. The first kappa shape index (κ1) is 27.8. The fourth-order valence-electron chi connectivity index (χ4n) is 4.70. The van der Waals surface area contributed by atoms with Crippen LogP contribution in [0.15, 0.2) is 102 Å². The van der Waals surface area contributed by atoms with Gasteiger partial charge in [0, 0.05) is 37.3 Å².